The topological polar surface area (TPSA) is 90.1 Å². The van der Waals surface area contributed by atoms with E-state index in [1.165, 1.54) is 10.8 Å². The molecule has 0 fully saturated rings. The summed E-state index contributed by atoms with van der Waals surface area (Å²) in [6.45, 7) is 1.31. The van der Waals surface area contributed by atoms with Crippen LogP contribution in [0.15, 0.2) is 17.2 Å². The Hall–Kier alpha value is -1.76. The van der Waals surface area contributed by atoms with E-state index in [9.17, 15) is 14.9 Å². The molecule has 0 aliphatic heterocycles. The first-order chi connectivity index (χ1) is 7.65. The van der Waals surface area contributed by atoms with E-state index in [1.54, 1.807) is 0 Å². The second kappa shape index (κ2) is 5.96. The minimum absolute atomic E-state index is 0.159. The van der Waals surface area contributed by atoms with Gasteiger partial charge in [-0.05, 0) is 26.4 Å². The van der Waals surface area contributed by atoms with Crippen LogP contribution in [0.1, 0.15) is 12.8 Å². The number of rotatable bonds is 6. The van der Waals surface area contributed by atoms with Crippen LogP contribution in [0.25, 0.3) is 0 Å². The highest BCUT2D eigenvalue weighted by Crippen LogP contribution is 2.05. The molecule has 1 heterocycles. The summed E-state index contributed by atoms with van der Waals surface area (Å²) in [5.74, 6) is 0. The van der Waals surface area contributed by atoms with Gasteiger partial charge >= 0.3 is 11.4 Å². The Morgan fingerprint density at radius 1 is 1.56 bits per heavy atom. The average molecular weight is 226 g/mol. The van der Waals surface area contributed by atoms with Crippen molar-refractivity contribution in [3.05, 3.63) is 33.0 Å². The number of hydrogen-bond acceptors (Lipinski definition) is 5. The van der Waals surface area contributed by atoms with E-state index in [0.29, 0.717) is 6.54 Å². The fraction of sp³-hybridized carbons (Fsp3) is 0.556. The summed E-state index contributed by atoms with van der Waals surface area (Å²) in [6.07, 6.45) is 3.90. The molecule has 0 aromatic carbocycles. The summed E-state index contributed by atoms with van der Waals surface area (Å²) >= 11 is 0. The molecule has 88 valence electrons. The maximum Gasteiger partial charge on any atom is 0.347 e. The minimum atomic E-state index is -0.559. The van der Waals surface area contributed by atoms with Crippen LogP contribution in [-0.4, -0.2) is 28.1 Å². The number of nitrogens with zero attached hydrogens (tertiary/aromatic N) is 3. The first-order valence-electron chi connectivity index (χ1n) is 5.00. The zero-order chi connectivity index (χ0) is 12.0. The van der Waals surface area contributed by atoms with E-state index in [-0.39, 0.29) is 5.69 Å². The van der Waals surface area contributed by atoms with E-state index >= 15 is 0 Å². The second-order valence-corrected chi connectivity index (χ2v) is 3.36. The fourth-order valence-electron chi connectivity index (χ4n) is 1.28. The summed E-state index contributed by atoms with van der Waals surface area (Å²) in [5, 5.41) is 13.5. The second-order valence-electron chi connectivity index (χ2n) is 3.36. The van der Waals surface area contributed by atoms with Crippen molar-refractivity contribution in [1.29, 1.82) is 0 Å². The minimum Gasteiger partial charge on any atom is -0.320 e. The van der Waals surface area contributed by atoms with Crippen molar-refractivity contribution >= 4 is 5.69 Å². The van der Waals surface area contributed by atoms with Crippen LogP contribution in [0.2, 0.25) is 0 Å². The lowest BCUT2D eigenvalue weighted by molar-refractivity contribution is -0.385. The van der Waals surface area contributed by atoms with Crippen molar-refractivity contribution in [3.8, 4) is 0 Å². The van der Waals surface area contributed by atoms with Gasteiger partial charge in [0.1, 0.15) is 6.20 Å². The summed E-state index contributed by atoms with van der Waals surface area (Å²) in [4.78, 5) is 24.6. The molecule has 0 saturated carbocycles. The third-order valence-electron chi connectivity index (χ3n) is 2.13. The van der Waals surface area contributed by atoms with Crippen molar-refractivity contribution in [2.45, 2.75) is 19.4 Å². The summed E-state index contributed by atoms with van der Waals surface area (Å²) in [7, 11) is 1.85. The molecule has 1 aromatic heterocycles. The highest BCUT2D eigenvalue weighted by Gasteiger charge is 2.08. The van der Waals surface area contributed by atoms with Gasteiger partial charge in [0.25, 0.3) is 0 Å². The Morgan fingerprint density at radius 2 is 2.31 bits per heavy atom. The Morgan fingerprint density at radius 3 is 2.94 bits per heavy atom. The molecule has 16 heavy (non-hydrogen) atoms. The Labute approximate surface area is 92.3 Å². The average Bonchev–Trinajstić information content (AvgIpc) is 2.26. The van der Waals surface area contributed by atoms with Crippen LogP contribution in [0.3, 0.4) is 0 Å². The standard InChI is InChI=1S/C9H14N4O3/c1-10-4-2-3-5-12-7-8(13(15)16)6-11-9(12)14/h6-7,10H,2-5H2,1H3. The predicted molar refractivity (Wildman–Crippen MR) is 58.3 cm³/mol. The fourth-order valence-corrected chi connectivity index (χ4v) is 1.28. The smallest absolute Gasteiger partial charge is 0.320 e. The van der Waals surface area contributed by atoms with Crippen molar-refractivity contribution in [2.24, 2.45) is 0 Å². The van der Waals surface area contributed by atoms with Crippen LogP contribution >= 0.6 is 0 Å². The first kappa shape index (κ1) is 12.3. The maximum atomic E-state index is 11.3. The van der Waals surface area contributed by atoms with Crippen molar-refractivity contribution in [3.63, 3.8) is 0 Å². The molecule has 0 radical (unpaired) electrons. The summed E-state index contributed by atoms with van der Waals surface area (Å²) < 4.78 is 1.27. The van der Waals surface area contributed by atoms with Crippen molar-refractivity contribution < 1.29 is 4.92 Å². The van der Waals surface area contributed by atoms with Crippen LogP contribution in [0, 0.1) is 10.1 Å². The van der Waals surface area contributed by atoms with Gasteiger partial charge in [0, 0.05) is 6.54 Å². The molecule has 0 aliphatic rings. The Kier molecular flexibility index (Phi) is 4.59. The molecule has 1 rings (SSSR count). The van der Waals surface area contributed by atoms with Gasteiger partial charge in [-0.15, -0.1) is 0 Å². The monoisotopic (exact) mass is 226 g/mol. The van der Waals surface area contributed by atoms with Gasteiger partial charge in [-0.1, -0.05) is 0 Å². The molecule has 0 spiro atoms. The lowest BCUT2D eigenvalue weighted by Gasteiger charge is -2.03. The number of unbranched alkanes of at least 4 members (excludes halogenated alkanes) is 1. The zero-order valence-electron chi connectivity index (χ0n) is 9.05. The molecule has 0 aliphatic carbocycles. The van der Waals surface area contributed by atoms with E-state index in [2.05, 4.69) is 10.3 Å². The predicted octanol–water partition coefficient (Wildman–Crippen LogP) is 0.151. The third kappa shape index (κ3) is 3.43. The SMILES string of the molecule is CNCCCCn1cc([N+](=O)[O-])cnc1=O. The molecule has 0 atom stereocenters. The lowest BCUT2D eigenvalue weighted by Crippen LogP contribution is -2.23. The first-order valence-corrected chi connectivity index (χ1v) is 5.00. The van der Waals surface area contributed by atoms with Gasteiger partial charge in [-0.2, -0.15) is 4.98 Å². The van der Waals surface area contributed by atoms with Crippen LogP contribution < -0.4 is 11.0 Å². The van der Waals surface area contributed by atoms with Gasteiger partial charge in [0.15, 0.2) is 0 Å². The molecule has 0 bridgehead atoms. The molecular weight excluding hydrogens is 212 g/mol. The molecule has 0 unspecified atom stereocenters. The number of nitrogens with one attached hydrogen (secondary N) is 1. The molecule has 7 heteroatoms. The Bertz CT molecular complexity index is 415. The zero-order valence-corrected chi connectivity index (χ0v) is 9.05. The Balaban J connectivity index is 2.67. The quantitative estimate of drug-likeness (QED) is 0.423. The highest BCUT2D eigenvalue weighted by atomic mass is 16.6. The van der Waals surface area contributed by atoms with Crippen molar-refractivity contribution in [1.82, 2.24) is 14.9 Å². The number of nitro groups is 1. The van der Waals surface area contributed by atoms with E-state index in [1.807, 2.05) is 7.05 Å². The molecule has 1 aromatic rings. The number of aryl methyl sites for hydroxylation is 1. The number of aromatic nitrogens is 2. The molecule has 0 amide bonds. The molecule has 0 saturated heterocycles. The van der Waals surface area contributed by atoms with E-state index < -0.39 is 10.6 Å². The number of hydrogen-bond donors (Lipinski definition) is 1. The highest BCUT2D eigenvalue weighted by molar-refractivity contribution is 5.20. The van der Waals surface area contributed by atoms with E-state index in [4.69, 9.17) is 0 Å². The van der Waals surface area contributed by atoms with Crippen LogP contribution in [-0.2, 0) is 6.54 Å². The van der Waals surface area contributed by atoms with E-state index in [0.717, 1.165) is 25.6 Å². The van der Waals surface area contributed by atoms with Gasteiger partial charge in [-0.3, -0.25) is 14.7 Å². The summed E-state index contributed by atoms with van der Waals surface area (Å²) in [6, 6.07) is 0. The van der Waals surface area contributed by atoms with Crippen LogP contribution in [0.4, 0.5) is 5.69 Å². The van der Waals surface area contributed by atoms with Gasteiger partial charge < -0.3 is 5.32 Å². The lowest BCUT2D eigenvalue weighted by atomic mass is 10.3. The molecular formula is C9H14N4O3. The van der Waals surface area contributed by atoms with Crippen molar-refractivity contribution in [2.75, 3.05) is 13.6 Å². The van der Waals surface area contributed by atoms with Crippen LogP contribution in [0.5, 0.6) is 0 Å². The largest absolute Gasteiger partial charge is 0.347 e. The van der Waals surface area contributed by atoms with Gasteiger partial charge in [-0.25, -0.2) is 4.79 Å². The maximum absolute atomic E-state index is 11.3. The summed E-state index contributed by atoms with van der Waals surface area (Å²) in [5.41, 5.74) is -0.608. The molecule has 1 N–H and O–H groups in total. The third-order valence-corrected chi connectivity index (χ3v) is 2.13. The molecule has 7 nitrogen and oxygen atoms in total. The van der Waals surface area contributed by atoms with Gasteiger partial charge in [0.05, 0.1) is 11.1 Å². The normalized spacial score (nSPS) is 10.3. The van der Waals surface area contributed by atoms with Gasteiger partial charge in [0.2, 0.25) is 0 Å².